The fraction of sp³-hybridized carbons (Fsp3) is 0.600. The van der Waals surface area contributed by atoms with Crippen LogP contribution in [-0.2, 0) is 0 Å². The van der Waals surface area contributed by atoms with Gasteiger partial charge in [-0.15, -0.1) is 0 Å². The maximum atomic E-state index is 3.30. The normalized spacial score (nSPS) is 17.5. The number of allylic oxidation sites excluding steroid dienone is 3. The average molecular weight is 151 g/mol. The Morgan fingerprint density at radius 1 is 1.55 bits per heavy atom. The highest BCUT2D eigenvalue weighted by atomic mass is 14.9. The topological polar surface area (TPSA) is 12.0 Å². The minimum Gasteiger partial charge on any atom is -0.365 e. The first-order chi connectivity index (χ1) is 5.25. The summed E-state index contributed by atoms with van der Waals surface area (Å²) in [5.74, 6) is 0.683. The van der Waals surface area contributed by atoms with Crippen molar-refractivity contribution >= 4 is 0 Å². The molecule has 0 saturated carbocycles. The van der Waals surface area contributed by atoms with E-state index in [9.17, 15) is 0 Å². The summed E-state index contributed by atoms with van der Waals surface area (Å²) in [5.41, 5.74) is 2.98. The van der Waals surface area contributed by atoms with Gasteiger partial charge >= 0.3 is 0 Å². The highest BCUT2D eigenvalue weighted by Gasteiger charge is 2.09. The molecule has 0 amide bonds. The summed E-state index contributed by atoms with van der Waals surface area (Å²) < 4.78 is 0. The minimum atomic E-state index is 0.683. The average Bonchev–Trinajstić information content (AvgIpc) is 2.04. The van der Waals surface area contributed by atoms with Crippen LogP contribution >= 0.6 is 0 Å². The van der Waals surface area contributed by atoms with E-state index in [1.807, 2.05) is 6.20 Å². The van der Waals surface area contributed by atoms with Gasteiger partial charge in [0.15, 0.2) is 0 Å². The van der Waals surface area contributed by atoms with Crippen LogP contribution in [0.15, 0.2) is 23.5 Å². The van der Waals surface area contributed by atoms with Gasteiger partial charge in [0.1, 0.15) is 0 Å². The molecular weight excluding hydrogens is 134 g/mol. The van der Waals surface area contributed by atoms with Crippen LogP contribution in [0.1, 0.15) is 33.6 Å². The van der Waals surface area contributed by atoms with Crippen molar-refractivity contribution in [2.24, 2.45) is 5.92 Å². The summed E-state index contributed by atoms with van der Waals surface area (Å²) in [4.78, 5) is 0. The lowest BCUT2D eigenvalue weighted by atomic mass is 9.95. The summed E-state index contributed by atoms with van der Waals surface area (Å²) in [6.07, 6.45) is 6.49. The Morgan fingerprint density at radius 2 is 2.27 bits per heavy atom. The fourth-order valence-electron chi connectivity index (χ4n) is 1.47. The summed E-state index contributed by atoms with van der Waals surface area (Å²) in [7, 11) is 0. The Balaban J connectivity index is 2.76. The summed E-state index contributed by atoms with van der Waals surface area (Å²) in [6.45, 7) is 6.71. The molecule has 1 aliphatic heterocycles. The molecule has 0 saturated heterocycles. The third-order valence-electron chi connectivity index (χ3n) is 2.15. The number of nitrogens with one attached hydrogen (secondary N) is 1. The van der Waals surface area contributed by atoms with E-state index in [0.717, 1.165) is 12.8 Å². The zero-order valence-corrected chi connectivity index (χ0v) is 7.65. The molecule has 1 nitrogen and oxygen atoms in total. The molecule has 1 aliphatic rings. The second kappa shape index (κ2) is 3.61. The first kappa shape index (κ1) is 8.38. The lowest BCUT2D eigenvalue weighted by Gasteiger charge is -2.19. The monoisotopic (exact) mass is 151 g/mol. The van der Waals surface area contributed by atoms with Gasteiger partial charge in [-0.1, -0.05) is 26.8 Å². The Labute approximate surface area is 69.2 Å². The number of dihydropyridines is 1. The predicted molar refractivity (Wildman–Crippen MR) is 49.0 cm³/mol. The van der Waals surface area contributed by atoms with Crippen molar-refractivity contribution < 1.29 is 0 Å². The van der Waals surface area contributed by atoms with Crippen LogP contribution < -0.4 is 5.32 Å². The van der Waals surface area contributed by atoms with Crippen molar-refractivity contribution in [3.8, 4) is 0 Å². The molecule has 0 radical (unpaired) electrons. The first-order valence-electron chi connectivity index (χ1n) is 4.39. The smallest absolute Gasteiger partial charge is 0.0141 e. The molecule has 1 heteroatoms. The molecule has 11 heavy (non-hydrogen) atoms. The Kier molecular flexibility index (Phi) is 2.75. The van der Waals surface area contributed by atoms with E-state index in [2.05, 4.69) is 32.2 Å². The van der Waals surface area contributed by atoms with Crippen molar-refractivity contribution in [2.45, 2.75) is 33.6 Å². The molecule has 1 rings (SSSR count). The second-order valence-electron chi connectivity index (χ2n) is 3.26. The third-order valence-corrected chi connectivity index (χ3v) is 2.15. The molecule has 1 heterocycles. The third kappa shape index (κ3) is 1.86. The first-order valence-corrected chi connectivity index (χ1v) is 4.39. The van der Waals surface area contributed by atoms with E-state index in [4.69, 9.17) is 0 Å². The zero-order chi connectivity index (χ0) is 8.27. The highest BCUT2D eigenvalue weighted by Crippen LogP contribution is 2.22. The SMILES string of the molecule is CCC1=C(C(C)C)CC=CN1. The molecule has 0 unspecified atom stereocenters. The number of hydrogen-bond donors (Lipinski definition) is 1. The molecule has 62 valence electrons. The van der Waals surface area contributed by atoms with Gasteiger partial charge in [-0.3, -0.25) is 0 Å². The summed E-state index contributed by atoms with van der Waals surface area (Å²) >= 11 is 0. The van der Waals surface area contributed by atoms with E-state index in [1.54, 1.807) is 5.57 Å². The van der Waals surface area contributed by atoms with Crippen molar-refractivity contribution in [1.82, 2.24) is 5.32 Å². The van der Waals surface area contributed by atoms with Gasteiger partial charge in [0, 0.05) is 5.70 Å². The summed E-state index contributed by atoms with van der Waals surface area (Å²) in [5, 5.41) is 3.30. The van der Waals surface area contributed by atoms with Crippen LogP contribution in [0.3, 0.4) is 0 Å². The maximum Gasteiger partial charge on any atom is 0.0141 e. The van der Waals surface area contributed by atoms with Crippen LogP contribution in [0.25, 0.3) is 0 Å². The van der Waals surface area contributed by atoms with Gasteiger partial charge < -0.3 is 5.32 Å². The van der Waals surface area contributed by atoms with E-state index < -0.39 is 0 Å². The van der Waals surface area contributed by atoms with Crippen molar-refractivity contribution in [1.29, 1.82) is 0 Å². The van der Waals surface area contributed by atoms with Gasteiger partial charge in [0.05, 0.1) is 0 Å². The van der Waals surface area contributed by atoms with Crippen molar-refractivity contribution in [3.05, 3.63) is 23.5 Å². The Morgan fingerprint density at radius 3 is 2.73 bits per heavy atom. The molecule has 0 spiro atoms. The second-order valence-corrected chi connectivity index (χ2v) is 3.26. The van der Waals surface area contributed by atoms with E-state index in [-0.39, 0.29) is 0 Å². The quantitative estimate of drug-likeness (QED) is 0.640. The molecule has 0 aromatic carbocycles. The molecule has 0 aromatic rings. The molecule has 0 atom stereocenters. The molecule has 0 fully saturated rings. The molecule has 0 aliphatic carbocycles. The van der Waals surface area contributed by atoms with Gasteiger partial charge in [0.2, 0.25) is 0 Å². The largest absolute Gasteiger partial charge is 0.365 e. The lowest BCUT2D eigenvalue weighted by Crippen LogP contribution is -2.14. The molecule has 0 bridgehead atoms. The van der Waals surface area contributed by atoms with E-state index in [0.29, 0.717) is 5.92 Å². The van der Waals surface area contributed by atoms with Gasteiger partial charge in [0.25, 0.3) is 0 Å². The maximum absolute atomic E-state index is 3.30. The standard InChI is InChI=1S/C10H17N/c1-4-10-9(8(2)3)6-5-7-11-10/h5,7-8,11H,4,6H2,1-3H3. The van der Waals surface area contributed by atoms with Crippen LogP contribution in [-0.4, -0.2) is 0 Å². The van der Waals surface area contributed by atoms with Crippen LogP contribution in [0.2, 0.25) is 0 Å². The van der Waals surface area contributed by atoms with Crippen LogP contribution in [0.4, 0.5) is 0 Å². The predicted octanol–water partition coefficient (Wildman–Crippen LogP) is 2.81. The molecule has 0 aromatic heterocycles. The zero-order valence-electron chi connectivity index (χ0n) is 7.65. The number of hydrogen-bond acceptors (Lipinski definition) is 1. The summed E-state index contributed by atoms with van der Waals surface area (Å²) in [6, 6.07) is 0. The molecular formula is C10H17N. The van der Waals surface area contributed by atoms with Crippen LogP contribution in [0.5, 0.6) is 0 Å². The fourth-order valence-corrected chi connectivity index (χ4v) is 1.47. The van der Waals surface area contributed by atoms with Crippen molar-refractivity contribution in [2.75, 3.05) is 0 Å². The van der Waals surface area contributed by atoms with E-state index in [1.165, 1.54) is 5.70 Å². The Bertz CT molecular complexity index is 187. The highest BCUT2D eigenvalue weighted by molar-refractivity contribution is 5.22. The minimum absolute atomic E-state index is 0.683. The van der Waals surface area contributed by atoms with Gasteiger partial charge in [-0.05, 0) is 30.5 Å². The van der Waals surface area contributed by atoms with Gasteiger partial charge in [-0.25, -0.2) is 0 Å². The van der Waals surface area contributed by atoms with Crippen LogP contribution in [0, 0.1) is 5.92 Å². The molecule has 1 N–H and O–H groups in total. The van der Waals surface area contributed by atoms with Crippen molar-refractivity contribution in [3.63, 3.8) is 0 Å². The Hall–Kier alpha value is -0.720. The van der Waals surface area contributed by atoms with Gasteiger partial charge in [-0.2, -0.15) is 0 Å². The number of rotatable bonds is 2. The lowest BCUT2D eigenvalue weighted by molar-refractivity contribution is 0.696. The van der Waals surface area contributed by atoms with E-state index >= 15 is 0 Å².